The van der Waals surface area contributed by atoms with Crippen LogP contribution in [0.4, 0.5) is 10.6 Å². The number of aliphatic hydroxyl groups excluding tert-OH is 1. The maximum absolute atomic E-state index is 12.8. The molecule has 1 saturated heterocycles. The van der Waals surface area contributed by atoms with Gasteiger partial charge in [-0.2, -0.15) is 0 Å². The van der Waals surface area contributed by atoms with Gasteiger partial charge < -0.3 is 25.3 Å². The van der Waals surface area contributed by atoms with E-state index in [0.29, 0.717) is 26.1 Å². The molecule has 0 spiro atoms. The first-order chi connectivity index (χ1) is 15.0. The van der Waals surface area contributed by atoms with Gasteiger partial charge in [-0.25, -0.2) is 9.78 Å². The second-order valence-electron chi connectivity index (χ2n) is 8.91. The Hall–Kier alpha value is -2.61. The molecule has 1 aliphatic carbocycles. The highest BCUT2D eigenvalue weighted by atomic mass is 16.4. The molecule has 0 aromatic carbocycles. The van der Waals surface area contributed by atoms with Gasteiger partial charge in [0, 0.05) is 38.4 Å². The van der Waals surface area contributed by atoms with Crippen molar-refractivity contribution in [3.63, 3.8) is 0 Å². The molecule has 1 aromatic rings. The van der Waals surface area contributed by atoms with E-state index in [1.807, 2.05) is 24.4 Å². The van der Waals surface area contributed by atoms with Gasteiger partial charge in [-0.05, 0) is 68.2 Å². The zero-order chi connectivity index (χ0) is 21.8. The summed E-state index contributed by atoms with van der Waals surface area (Å²) in [6.45, 7) is 2.48. The smallest absolute Gasteiger partial charge is 0.407 e. The van der Waals surface area contributed by atoms with Gasteiger partial charge in [0.1, 0.15) is 5.82 Å². The highest BCUT2D eigenvalue weighted by Crippen LogP contribution is 2.26. The molecule has 0 unspecified atom stereocenters. The van der Waals surface area contributed by atoms with Crippen molar-refractivity contribution < 1.29 is 19.8 Å². The number of anilines is 1. The van der Waals surface area contributed by atoms with E-state index in [-0.39, 0.29) is 24.0 Å². The van der Waals surface area contributed by atoms with E-state index >= 15 is 0 Å². The van der Waals surface area contributed by atoms with Gasteiger partial charge in [-0.3, -0.25) is 4.79 Å². The Kier molecular flexibility index (Phi) is 6.75. The fourth-order valence-electron chi connectivity index (χ4n) is 4.81. The van der Waals surface area contributed by atoms with Crippen molar-refractivity contribution in [2.24, 2.45) is 5.92 Å². The summed E-state index contributed by atoms with van der Waals surface area (Å²) in [5.41, 5.74) is 2.16. The number of piperidine rings is 1. The van der Waals surface area contributed by atoms with Crippen LogP contribution in [0.1, 0.15) is 50.5 Å². The van der Waals surface area contributed by atoms with Crippen LogP contribution in [0.2, 0.25) is 0 Å². The molecule has 4 rings (SSSR count). The van der Waals surface area contributed by atoms with Gasteiger partial charge in [-0.15, -0.1) is 0 Å². The third kappa shape index (κ3) is 5.36. The Morgan fingerprint density at radius 1 is 1.10 bits per heavy atom. The number of pyridine rings is 1. The van der Waals surface area contributed by atoms with Crippen LogP contribution in [-0.4, -0.2) is 70.4 Å². The van der Waals surface area contributed by atoms with Crippen molar-refractivity contribution in [3.05, 3.63) is 30.0 Å². The van der Waals surface area contributed by atoms with E-state index < -0.39 is 6.09 Å². The first-order valence-electron chi connectivity index (χ1n) is 11.4. The summed E-state index contributed by atoms with van der Waals surface area (Å²) in [5, 5.41) is 21.9. The summed E-state index contributed by atoms with van der Waals surface area (Å²) in [7, 11) is 0. The second-order valence-corrected chi connectivity index (χ2v) is 8.91. The minimum Gasteiger partial charge on any atom is -0.465 e. The molecule has 2 fully saturated rings. The van der Waals surface area contributed by atoms with Crippen LogP contribution in [0.3, 0.4) is 0 Å². The Balaban J connectivity index is 1.33. The number of amides is 2. The SMILES string of the molecule is O=C(NC1CCC(O)CC1)[C@H]1CCCN(c2ccc(C3=CCN(C(=O)O)CC3)cn2)C1. The lowest BCUT2D eigenvalue weighted by Gasteiger charge is -2.34. The number of aliphatic hydroxyl groups is 1. The topological polar surface area (TPSA) is 106 Å². The molecule has 1 saturated carbocycles. The van der Waals surface area contributed by atoms with Gasteiger partial charge in [0.2, 0.25) is 5.91 Å². The number of hydrogen-bond donors (Lipinski definition) is 3. The average Bonchev–Trinajstić information content (AvgIpc) is 2.81. The highest BCUT2D eigenvalue weighted by Gasteiger charge is 2.29. The maximum Gasteiger partial charge on any atom is 0.407 e. The molecule has 3 aliphatic rings. The van der Waals surface area contributed by atoms with Gasteiger partial charge in [-0.1, -0.05) is 6.08 Å². The van der Waals surface area contributed by atoms with Crippen molar-refractivity contribution >= 4 is 23.4 Å². The molecule has 8 heteroatoms. The minimum atomic E-state index is -0.881. The number of carboxylic acid groups (broad SMARTS) is 1. The number of carbonyl (C=O) groups excluding carboxylic acids is 1. The molecule has 2 aliphatic heterocycles. The van der Waals surface area contributed by atoms with Gasteiger partial charge >= 0.3 is 6.09 Å². The molecule has 1 aromatic heterocycles. The van der Waals surface area contributed by atoms with Gasteiger partial charge in [0.25, 0.3) is 0 Å². The van der Waals surface area contributed by atoms with Crippen molar-refractivity contribution in [1.82, 2.24) is 15.2 Å². The third-order valence-corrected chi connectivity index (χ3v) is 6.76. The lowest BCUT2D eigenvalue weighted by Crippen LogP contribution is -2.47. The van der Waals surface area contributed by atoms with Crippen molar-refractivity contribution in [3.8, 4) is 0 Å². The predicted octanol–water partition coefficient (Wildman–Crippen LogP) is 2.48. The molecule has 0 bridgehead atoms. The number of nitrogens with zero attached hydrogens (tertiary/aromatic N) is 3. The molecule has 168 valence electrons. The first kappa shape index (κ1) is 21.6. The standard InChI is InChI=1S/C23H32N4O4/c28-20-6-4-19(5-7-20)25-22(29)18-2-1-11-27(15-18)21-8-3-17(14-24-21)16-9-12-26(13-10-16)23(30)31/h3,8-9,14,18-20,28H,1-2,4-7,10-13,15H2,(H,25,29)(H,30,31)/t18-,19?,20?/m0/s1. The molecule has 8 nitrogen and oxygen atoms in total. The van der Waals surface area contributed by atoms with Crippen LogP contribution < -0.4 is 10.2 Å². The second kappa shape index (κ2) is 9.68. The van der Waals surface area contributed by atoms with Crippen LogP contribution in [0.15, 0.2) is 24.4 Å². The molecular weight excluding hydrogens is 396 g/mol. The molecule has 1 atom stereocenters. The first-order valence-corrected chi connectivity index (χ1v) is 11.4. The number of aromatic nitrogens is 1. The summed E-state index contributed by atoms with van der Waals surface area (Å²) in [6.07, 6.45) is 8.50. The zero-order valence-corrected chi connectivity index (χ0v) is 17.9. The zero-order valence-electron chi connectivity index (χ0n) is 17.9. The van der Waals surface area contributed by atoms with E-state index in [1.165, 1.54) is 4.90 Å². The fourth-order valence-corrected chi connectivity index (χ4v) is 4.81. The summed E-state index contributed by atoms with van der Waals surface area (Å²) < 4.78 is 0. The largest absolute Gasteiger partial charge is 0.465 e. The molecular formula is C23H32N4O4. The van der Waals surface area contributed by atoms with Crippen LogP contribution in [0, 0.1) is 5.92 Å². The number of carbonyl (C=O) groups is 2. The highest BCUT2D eigenvalue weighted by molar-refractivity contribution is 5.80. The number of hydrogen-bond acceptors (Lipinski definition) is 5. The number of nitrogens with one attached hydrogen (secondary N) is 1. The summed E-state index contributed by atoms with van der Waals surface area (Å²) in [5.74, 6) is 0.966. The monoisotopic (exact) mass is 428 g/mol. The Labute approximate surface area is 182 Å². The Morgan fingerprint density at radius 3 is 2.55 bits per heavy atom. The van der Waals surface area contributed by atoms with E-state index in [9.17, 15) is 14.7 Å². The van der Waals surface area contributed by atoms with E-state index in [0.717, 1.165) is 62.0 Å². The summed E-state index contributed by atoms with van der Waals surface area (Å²) in [6, 6.07) is 4.23. The van der Waals surface area contributed by atoms with E-state index in [4.69, 9.17) is 5.11 Å². The van der Waals surface area contributed by atoms with Gasteiger partial charge in [0.15, 0.2) is 0 Å². The lowest BCUT2D eigenvalue weighted by atomic mass is 9.91. The van der Waals surface area contributed by atoms with Crippen LogP contribution in [0.25, 0.3) is 5.57 Å². The molecule has 0 radical (unpaired) electrons. The maximum atomic E-state index is 12.8. The van der Waals surface area contributed by atoms with Crippen molar-refractivity contribution in [1.29, 1.82) is 0 Å². The van der Waals surface area contributed by atoms with Crippen LogP contribution in [-0.2, 0) is 4.79 Å². The molecule has 3 heterocycles. The molecule has 2 amide bonds. The molecule has 3 N–H and O–H groups in total. The minimum absolute atomic E-state index is 0.0369. The quantitative estimate of drug-likeness (QED) is 0.680. The molecule has 31 heavy (non-hydrogen) atoms. The Morgan fingerprint density at radius 2 is 1.90 bits per heavy atom. The normalized spacial score (nSPS) is 26.9. The van der Waals surface area contributed by atoms with Gasteiger partial charge in [0.05, 0.1) is 12.0 Å². The lowest BCUT2D eigenvalue weighted by molar-refractivity contribution is -0.126. The fraction of sp³-hybridized carbons (Fsp3) is 0.609. The van der Waals surface area contributed by atoms with E-state index in [1.54, 1.807) is 0 Å². The summed E-state index contributed by atoms with van der Waals surface area (Å²) in [4.78, 5) is 32.1. The van der Waals surface area contributed by atoms with E-state index in [2.05, 4.69) is 15.2 Å². The van der Waals surface area contributed by atoms with Crippen LogP contribution >= 0.6 is 0 Å². The van der Waals surface area contributed by atoms with Crippen molar-refractivity contribution in [2.45, 2.75) is 57.1 Å². The predicted molar refractivity (Wildman–Crippen MR) is 118 cm³/mol. The average molecular weight is 429 g/mol. The van der Waals surface area contributed by atoms with Crippen molar-refractivity contribution in [2.75, 3.05) is 31.1 Å². The number of rotatable bonds is 4. The summed E-state index contributed by atoms with van der Waals surface area (Å²) >= 11 is 0. The van der Waals surface area contributed by atoms with Crippen LogP contribution in [0.5, 0.6) is 0 Å². The third-order valence-electron chi connectivity index (χ3n) is 6.76. The Bertz CT molecular complexity index is 817.